The standard InChI is InChI=1S/C78H44N4O2S4/c1-41-13-22-48(23-14-41)77(49-24-15-42(2)16-25-49)62-36-59-63(35-58(62)72-68(77)57-30-21-45(32-64(57)86-72)31-60-66(46(37-79)38-80)53-9-5-7-11-55(53)70(60)83)78(50-26-17-43(3)18-27-50,51-28-19-44(4)20-29-51)69-73(59)88-76-74-65(87-75(69)76)34-52(85-74)33-61-67(47(39-81)40-82)54-10-6-8-12-56(54)71(61)84/h5-36H,1-4H3/b60-31-,61-33-. The van der Waals surface area contributed by atoms with E-state index >= 15 is 0 Å². The Kier molecular flexibility index (Phi) is 11.8. The van der Waals surface area contributed by atoms with Crippen molar-refractivity contribution in [2.45, 2.75) is 38.5 Å². The molecular formula is C78H44N4O2S4. The van der Waals surface area contributed by atoms with Crippen LogP contribution in [0.5, 0.6) is 0 Å². The number of fused-ring (bicyclic) bond motifs is 14. The Morgan fingerprint density at radius 3 is 1.30 bits per heavy atom. The van der Waals surface area contributed by atoms with E-state index in [4.69, 9.17) is 0 Å². The second kappa shape index (κ2) is 19.6. The molecule has 10 heteroatoms. The average Bonchev–Trinajstić information content (AvgIpc) is 1.50. The summed E-state index contributed by atoms with van der Waals surface area (Å²) in [5, 5.41) is 41.8. The maximum Gasteiger partial charge on any atom is 0.194 e. The first-order valence-electron chi connectivity index (χ1n) is 28.8. The molecule has 4 aromatic heterocycles. The number of ketones is 2. The maximum absolute atomic E-state index is 14.3. The van der Waals surface area contributed by atoms with Gasteiger partial charge in [0.15, 0.2) is 11.6 Å². The van der Waals surface area contributed by atoms with Crippen molar-refractivity contribution in [3.8, 4) is 45.2 Å². The van der Waals surface area contributed by atoms with Crippen molar-refractivity contribution in [3.05, 3.63) is 304 Å². The van der Waals surface area contributed by atoms with Gasteiger partial charge in [-0.15, -0.1) is 45.3 Å². The number of hydrogen-bond donors (Lipinski definition) is 0. The van der Waals surface area contributed by atoms with Gasteiger partial charge in [0.1, 0.15) is 35.4 Å². The molecule has 4 heterocycles. The van der Waals surface area contributed by atoms with E-state index in [2.05, 4.69) is 185 Å². The van der Waals surface area contributed by atoms with Crippen molar-refractivity contribution >= 4 is 109 Å². The van der Waals surface area contributed by atoms with E-state index in [-0.39, 0.29) is 22.7 Å². The Morgan fingerprint density at radius 1 is 0.398 bits per heavy atom. The zero-order valence-corrected chi connectivity index (χ0v) is 51.0. The molecule has 0 spiro atoms. The molecule has 0 atom stereocenters. The Labute approximate surface area is 523 Å². The van der Waals surface area contributed by atoms with Gasteiger partial charge >= 0.3 is 0 Å². The van der Waals surface area contributed by atoms with Crippen LogP contribution in [-0.4, -0.2) is 11.6 Å². The number of rotatable bonds is 6. The average molecular weight is 1200 g/mol. The summed E-state index contributed by atoms with van der Waals surface area (Å²) >= 11 is 7.03. The van der Waals surface area contributed by atoms with Crippen molar-refractivity contribution in [2.75, 3.05) is 0 Å². The van der Waals surface area contributed by atoms with Gasteiger partial charge in [-0.1, -0.05) is 180 Å². The number of carbonyl (C=O) groups is 2. The van der Waals surface area contributed by atoms with Crippen molar-refractivity contribution < 1.29 is 9.59 Å². The van der Waals surface area contributed by atoms with Crippen molar-refractivity contribution in [1.29, 1.82) is 21.0 Å². The molecule has 412 valence electrons. The Morgan fingerprint density at radius 2 is 0.830 bits per heavy atom. The molecular weight excluding hydrogens is 1150 g/mol. The number of carbonyl (C=O) groups excluding carboxylic acids is 2. The second-order valence-electron chi connectivity index (χ2n) is 23.2. The van der Waals surface area contributed by atoms with Crippen LogP contribution in [0.25, 0.3) is 73.1 Å². The third-order valence-corrected chi connectivity index (χ3v) is 23.4. The third-order valence-electron chi connectivity index (χ3n) is 18.3. The molecule has 8 aromatic carbocycles. The van der Waals surface area contributed by atoms with Gasteiger partial charge in [0.05, 0.1) is 24.9 Å². The fraction of sp³-hybridized carbons (Fsp3) is 0.0769. The van der Waals surface area contributed by atoms with E-state index in [1.807, 2.05) is 59.9 Å². The molecule has 0 unspecified atom stereocenters. The summed E-state index contributed by atoms with van der Waals surface area (Å²) in [6, 6.07) is 72.7. The van der Waals surface area contributed by atoms with Crippen LogP contribution in [0.3, 0.4) is 0 Å². The van der Waals surface area contributed by atoms with E-state index in [1.54, 1.807) is 46.1 Å². The fourth-order valence-electron chi connectivity index (χ4n) is 14.4. The van der Waals surface area contributed by atoms with Crippen LogP contribution in [0.4, 0.5) is 0 Å². The second-order valence-corrected chi connectivity index (χ2v) is 27.4. The predicted molar refractivity (Wildman–Crippen MR) is 358 cm³/mol. The lowest BCUT2D eigenvalue weighted by molar-refractivity contribution is 0.103. The van der Waals surface area contributed by atoms with Crippen molar-refractivity contribution in [1.82, 2.24) is 0 Å². The Bertz CT molecular complexity index is 5370. The van der Waals surface area contributed by atoms with E-state index in [0.29, 0.717) is 44.5 Å². The van der Waals surface area contributed by atoms with E-state index in [1.165, 1.54) is 47.0 Å². The number of nitriles is 4. The molecule has 0 N–H and O–H groups in total. The Hall–Kier alpha value is -10.4. The molecule has 6 nitrogen and oxygen atoms in total. The lowest BCUT2D eigenvalue weighted by atomic mass is 9.65. The van der Waals surface area contributed by atoms with Crippen LogP contribution >= 0.6 is 45.3 Å². The van der Waals surface area contributed by atoms with Crippen LogP contribution in [0.2, 0.25) is 0 Å². The minimum absolute atomic E-state index is 0.0839. The van der Waals surface area contributed by atoms with Crippen LogP contribution < -0.4 is 0 Å². The molecule has 0 saturated heterocycles. The van der Waals surface area contributed by atoms with Crippen LogP contribution in [-0.2, 0) is 10.8 Å². The topological polar surface area (TPSA) is 129 Å². The van der Waals surface area contributed by atoms with E-state index in [0.717, 1.165) is 80.0 Å². The molecule has 16 rings (SSSR count). The van der Waals surface area contributed by atoms with Gasteiger partial charge in [-0.05, 0) is 136 Å². The third kappa shape index (κ3) is 7.27. The summed E-state index contributed by atoms with van der Waals surface area (Å²) in [4.78, 5) is 31.7. The van der Waals surface area contributed by atoms with E-state index in [9.17, 15) is 30.6 Å². The highest BCUT2D eigenvalue weighted by atomic mass is 32.1. The number of nitrogens with zero attached hydrogens (tertiary/aromatic N) is 4. The van der Waals surface area contributed by atoms with Gasteiger partial charge in [0.2, 0.25) is 0 Å². The monoisotopic (exact) mass is 1200 g/mol. The van der Waals surface area contributed by atoms with Crippen molar-refractivity contribution in [3.63, 3.8) is 0 Å². The first-order valence-corrected chi connectivity index (χ1v) is 32.0. The molecule has 4 aliphatic carbocycles. The molecule has 0 fully saturated rings. The summed E-state index contributed by atoms with van der Waals surface area (Å²) in [5.41, 5.74) is 19.1. The number of allylic oxidation sites excluding steroid dienone is 6. The molecule has 0 radical (unpaired) electrons. The van der Waals surface area contributed by atoms with Gasteiger partial charge in [0.25, 0.3) is 0 Å². The lowest BCUT2D eigenvalue weighted by Crippen LogP contribution is -2.30. The highest BCUT2D eigenvalue weighted by Gasteiger charge is 2.54. The Balaban J connectivity index is 0.976. The molecule has 4 aliphatic rings. The van der Waals surface area contributed by atoms with Crippen LogP contribution in [0, 0.1) is 73.0 Å². The summed E-state index contributed by atoms with van der Waals surface area (Å²) < 4.78 is 5.67. The maximum atomic E-state index is 14.3. The summed E-state index contributed by atoms with van der Waals surface area (Å²) in [6.07, 6.45) is 3.72. The zero-order valence-electron chi connectivity index (χ0n) is 47.7. The lowest BCUT2D eigenvalue weighted by Gasteiger charge is -2.36. The van der Waals surface area contributed by atoms with Gasteiger partial charge < -0.3 is 0 Å². The van der Waals surface area contributed by atoms with Crippen molar-refractivity contribution in [2.24, 2.45) is 0 Å². The molecule has 88 heavy (non-hydrogen) atoms. The van der Waals surface area contributed by atoms with Gasteiger partial charge in [-0.3, -0.25) is 9.59 Å². The van der Waals surface area contributed by atoms with Crippen LogP contribution in [0.1, 0.15) is 109 Å². The normalized spacial score (nSPS) is 15.5. The molecule has 0 aliphatic heterocycles. The highest BCUT2D eigenvalue weighted by molar-refractivity contribution is 7.40. The molecule has 0 amide bonds. The summed E-state index contributed by atoms with van der Waals surface area (Å²) in [5.74, 6) is -0.413. The predicted octanol–water partition coefficient (Wildman–Crippen LogP) is 19.5. The van der Waals surface area contributed by atoms with E-state index < -0.39 is 10.8 Å². The number of aryl methyl sites for hydroxylation is 4. The number of Topliss-reactive ketones (excluding diaryl/α,β-unsaturated/α-hetero) is 2. The summed E-state index contributed by atoms with van der Waals surface area (Å²) in [7, 11) is 0. The van der Waals surface area contributed by atoms with Crippen LogP contribution in [0.15, 0.2) is 204 Å². The first-order chi connectivity index (χ1) is 42.9. The molecule has 0 saturated carbocycles. The number of hydrogen-bond acceptors (Lipinski definition) is 10. The fourth-order valence-corrected chi connectivity index (χ4v) is 20.1. The van der Waals surface area contributed by atoms with Gasteiger partial charge in [0, 0.05) is 63.0 Å². The molecule has 12 aromatic rings. The van der Waals surface area contributed by atoms with Gasteiger partial charge in [-0.25, -0.2) is 0 Å². The smallest absolute Gasteiger partial charge is 0.194 e. The van der Waals surface area contributed by atoms with Gasteiger partial charge in [-0.2, -0.15) is 21.0 Å². The molecule has 0 bridgehead atoms. The highest BCUT2D eigenvalue weighted by Crippen LogP contribution is 2.68. The minimum atomic E-state index is -0.800. The number of thiophene rings is 4. The largest absolute Gasteiger partial charge is 0.289 e. The zero-order chi connectivity index (χ0) is 60.1. The summed E-state index contributed by atoms with van der Waals surface area (Å²) in [6.45, 7) is 8.55. The minimum Gasteiger partial charge on any atom is -0.289 e. The quantitative estimate of drug-likeness (QED) is 0.120. The first kappa shape index (κ1) is 53.1. The SMILES string of the molecule is Cc1ccc(C2(c3ccc(C)cc3)c3cc4c(cc3-c3sc5cc(/C=C6\C(=O)c7ccccc7C6=C(C#N)C#N)ccc5c32)C(c2ccc(C)cc2)(c2ccc(C)cc2)c2c-4sc3c2sc2cc(/C=C4\C(=O)c5ccccc5C4=C(C#N)C#N)sc23)cc1. The number of benzene rings is 8.